The van der Waals surface area contributed by atoms with Crippen molar-refractivity contribution in [2.45, 2.75) is 152 Å². The molecule has 0 spiro atoms. The number of aromatic nitrogens is 3. The molecule has 0 unspecified atom stereocenters. The lowest BCUT2D eigenvalue weighted by molar-refractivity contribution is 0.0863. The van der Waals surface area contributed by atoms with Gasteiger partial charge in [0.2, 0.25) is 10.0 Å². The maximum Gasteiger partial charge on any atom is 0.315 e. The van der Waals surface area contributed by atoms with Crippen LogP contribution in [0, 0.1) is 5.92 Å². The van der Waals surface area contributed by atoms with Gasteiger partial charge in [-0.1, -0.05) is 38.1 Å². The Balaban J connectivity index is -0.000000458. The van der Waals surface area contributed by atoms with Gasteiger partial charge in [-0.05, 0) is 94.9 Å². The first kappa shape index (κ1) is 42.3. The Morgan fingerprint density at radius 2 is 1.32 bits per heavy atom. The maximum absolute atomic E-state index is 11.0. The molecule has 0 aromatic carbocycles. The normalized spacial score (nSPS) is 11.6. The number of urea groups is 1. The molecule has 0 fully saturated rings. The predicted molar refractivity (Wildman–Crippen MR) is 168 cm³/mol. The van der Waals surface area contributed by atoms with Gasteiger partial charge in [-0.2, -0.15) is 0 Å². The zero-order chi connectivity index (χ0) is 32.2. The predicted octanol–water partition coefficient (Wildman–Crippen LogP) is 5.86. The van der Waals surface area contributed by atoms with Crippen LogP contribution in [0.25, 0.3) is 0 Å². The molecule has 1 heterocycles. The minimum Gasteiger partial charge on any atom is -0.393 e. The molecule has 11 nitrogen and oxygen atoms in total. The number of nitrogens with zero attached hydrogens (tertiary/aromatic N) is 4. The maximum atomic E-state index is 11.0. The summed E-state index contributed by atoms with van der Waals surface area (Å²) in [6.45, 7) is 31.1. The van der Waals surface area contributed by atoms with Crippen molar-refractivity contribution in [2.24, 2.45) is 11.1 Å². The van der Waals surface area contributed by atoms with E-state index < -0.39 is 10.0 Å². The van der Waals surface area contributed by atoms with Crippen LogP contribution in [0.3, 0.4) is 0 Å². The topological polar surface area (TPSA) is 140 Å². The second kappa shape index (κ2) is 22.5. The number of carbonyl (C=O) groups is 1. The Hall–Kier alpha value is -2.21. The SMILES string of the molecule is CC(C)/C=N\OC(C)C.CC(C)NC(=O)NC(C)C.CC(C)NS(=O)(=O)C(C)C.CC(C)c1cn(C(C)C)nn1. The third-order valence-corrected chi connectivity index (χ3v) is 6.18. The van der Waals surface area contributed by atoms with Gasteiger partial charge in [0.15, 0.2) is 0 Å². The van der Waals surface area contributed by atoms with Crippen molar-refractivity contribution in [2.75, 3.05) is 0 Å². The van der Waals surface area contributed by atoms with E-state index in [0.717, 1.165) is 5.69 Å². The molecule has 1 aromatic heterocycles. The monoisotopic (exact) mass is 591 g/mol. The van der Waals surface area contributed by atoms with E-state index in [4.69, 9.17) is 4.84 Å². The van der Waals surface area contributed by atoms with E-state index in [2.05, 4.69) is 72.4 Å². The summed E-state index contributed by atoms with van der Waals surface area (Å²) in [4.78, 5) is 15.8. The molecule has 2 amide bonds. The summed E-state index contributed by atoms with van der Waals surface area (Å²) in [6.07, 6.45) is 4.00. The first-order valence-electron chi connectivity index (χ1n) is 14.3. The minimum absolute atomic E-state index is 0.00704. The zero-order valence-corrected chi connectivity index (χ0v) is 28.9. The van der Waals surface area contributed by atoms with Crippen molar-refractivity contribution in [3.8, 4) is 0 Å². The Bertz CT molecular complexity index is 858. The van der Waals surface area contributed by atoms with Gasteiger partial charge in [0.25, 0.3) is 0 Å². The Labute approximate surface area is 245 Å². The number of amides is 2. The Kier molecular flexibility index (Phi) is 23.7. The van der Waals surface area contributed by atoms with Crippen LogP contribution in [0.15, 0.2) is 11.4 Å². The molecule has 0 saturated heterocycles. The lowest BCUT2D eigenvalue weighted by Crippen LogP contribution is -2.42. The average molecular weight is 592 g/mol. The first-order valence-corrected chi connectivity index (χ1v) is 15.9. The van der Waals surface area contributed by atoms with E-state index in [0.29, 0.717) is 17.9 Å². The van der Waals surface area contributed by atoms with Crippen molar-refractivity contribution in [3.63, 3.8) is 0 Å². The molecule has 12 heteroatoms. The van der Waals surface area contributed by atoms with Crippen molar-refractivity contribution >= 4 is 22.3 Å². The lowest BCUT2D eigenvalue weighted by atomic mass is 10.2. The molecule has 1 rings (SSSR count). The third-order valence-electron chi connectivity index (χ3n) is 4.14. The van der Waals surface area contributed by atoms with Crippen LogP contribution < -0.4 is 15.4 Å². The highest BCUT2D eigenvalue weighted by molar-refractivity contribution is 7.90. The molecule has 3 N–H and O–H groups in total. The van der Waals surface area contributed by atoms with E-state index >= 15 is 0 Å². The van der Waals surface area contributed by atoms with Crippen LogP contribution >= 0.6 is 0 Å². The molecular weight excluding hydrogens is 530 g/mol. The second-order valence-corrected chi connectivity index (χ2v) is 14.1. The fourth-order valence-electron chi connectivity index (χ4n) is 2.12. The van der Waals surface area contributed by atoms with Gasteiger partial charge in [-0.25, -0.2) is 22.6 Å². The number of hydrogen-bond donors (Lipinski definition) is 3. The molecule has 0 aliphatic heterocycles. The Morgan fingerprint density at radius 1 is 0.850 bits per heavy atom. The first-order chi connectivity index (χ1) is 18.1. The number of rotatable bonds is 10. The standard InChI is InChI=1S/C8H15N3.C7H16N2O.C7H15NO.C6H15NO2S/c1-6(2)8-5-11(7(3)4)10-9-8;1-5(2)8-7(10)9-6(3)4;1-6(2)5-8-9-7(3)4;1-5(2)7-10(8,9)6(3)4/h5-7H,1-4H3;5-6H,1-4H3,(H2,8,9,10);5-7H,1-4H3;5-7H,1-4H3/b;;8-5-;. The average Bonchev–Trinajstić information content (AvgIpc) is 3.23. The molecule has 238 valence electrons. The van der Waals surface area contributed by atoms with Crippen molar-refractivity contribution in [1.29, 1.82) is 0 Å². The quantitative estimate of drug-likeness (QED) is 0.230. The fourth-order valence-corrected chi connectivity index (χ4v) is 3.05. The van der Waals surface area contributed by atoms with Crippen LogP contribution in [0.2, 0.25) is 0 Å². The summed E-state index contributed by atoms with van der Waals surface area (Å²) in [6, 6.07) is 0.727. The number of oxime groups is 1. The molecule has 0 aliphatic rings. The smallest absolute Gasteiger partial charge is 0.315 e. The van der Waals surface area contributed by atoms with Gasteiger partial charge < -0.3 is 15.5 Å². The van der Waals surface area contributed by atoms with Gasteiger partial charge in [0, 0.05) is 36.6 Å². The van der Waals surface area contributed by atoms with Crippen LogP contribution in [-0.2, 0) is 14.9 Å². The molecular formula is C28H61N7O4S. The lowest BCUT2D eigenvalue weighted by Gasteiger charge is -2.11. The summed E-state index contributed by atoms with van der Waals surface area (Å²) in [5.41, 5.74) is 1.07. The van der Waals surface area contributed by atoms with Crippen LogP contribution in [0.4, 0.5) is 4.79 Å². The summed E-state index contributed by atoms with van der Waals surface area (Å²) in [7, 11) is -3.05. The molecule has 0 aliphatic carbocycles. The van der Waals surface area contributed by atoms with E-state index in [-0.39, 0.29) is 35.5 Å². The number of carbonyl (C=O) groups excluding carboxylic acids is 1. The van der Waals surface area contributed by atoms with Crippen LogP contribution in [0.1, 0.15) is 128 Å². The van der Waals surface area contributed by atoms with Crippen LogP contribution in [0.5, 0.6) is 0 Å². The summed E-state index contributed by atoms with van der Waals surface area (Å²) < 4.78 is 26.4. The molecule has 0 radical (unpaired) electrons. The van der Waals surface area contributed by atoms with Gasteiger partial charge in [-0.15, -0.1) is 5.10 Å². The molecule has 1 aromatic rings. The zero-order valence-electron chi connectivity index (χ0n) is 28.1. The number of hydrogen-bond acceptors (Lipinski definition) is 7. The number of sulfonamides is 1. The number of nitrogens with one attached hydrogen (secondary N) is 3. The van der Waals surface area contributed by atoms with Gasteiger partial charge >= 0.3 is 6.03 Å². The van der Waals surface area contributed by atoms with E-state index in [1.165, 1.54) is 0 Å². The largest absolute Gasteiger partial charge is 0.393 e. The molecule has 0 saturated carbocycles. The second-order valence-electron chi connectivity index (χ2n) is 11.8. The molecule has 0 atom stereocenters. The highest BCUT2D eigenvalue weighted by Crippen LogP contribution is 2.11. The Morgan fingerprint density at radius 3 is 1.55 bits per heavy atom. The summed E-state index contributed by atoms with van der Waals surface area (Å²) in [5.74, 6) is 0.950. The van der Waals surface area contributed by atoms with Crippen molar-refractivity contribution in [1.82, 2.24) is 30.3 Å². The van der Waals surface area contributed by atoms with Crippen molar-refractivity contribution < 1.29 is 18.0 Å². The van der Waals surface area contributed by atoms with Gasteiger partial charge in [0.1, 0.15) is 6.10 Å². The molecule has 0 bridgehead atoms. The van der Waals surface area contributed by atoms with Gasteiger partial charge in [-0.3, -0.25) is 0 Å². The minimum atomic E-state index is -3.05. The van der Waals surface area contributed by atoms with Crippen LogP contribution in [-0.4, -0.2) is 65.1 Å². The van der Waals surface area contributed by atoms with E-state index in [1.807, 2.05) is 52.4 Å². The van der Waals surface area contributed by atoms with Gasteiger partial charge in [0.05, 0.1) is 10.9 Å². The molecule has 40 heavy (non-hydrogen) atoms. The van der Waals surface area contributed by atoms with E-state index in [9.17, 15) is 13.2 Å². The summed E-state index contributed by atoms with van der Waals surface area (Å²) >= 11 is 0. The third kappa shape index (κ3) is 27.4. The summed E-state index contributed by atoms with van der Waals surface area (Å²) in [5, 5.41) is 16.9. The fraction of sp³-hybridized carbons (Fsp3) is 0.857. The highest BCUT2D eigenvalue weighted by Gasteiger charge is 2.15. The highest BCUT2D eigenvalue weighted by atomic mass is 32.2. The van der Waals surface area contributed by atoms with E-state index in [1.54, 1.807) is 33.9 Å². The van der Waals surface area contributed by atoms with Crippen molar-refractivity contribution in [3.05, 3.63) is 11.9 Å².